The average Bonchev–Trinajstić information content (AvgIpc) is 2.94. The van der Waals surface area contributed by atoms with Crippen molar-refractivity contribution in [2.24, 2.45) is 0 Å². The second-order valence-electron chi connectivity index (χ2n) is 12.4. The Morgan fingerprint density at radius 2 is 1.72 bits per heavy atom. The van der Waals surface area contributed by atoms with E-state index in [9.17, 15) is 13.2 Å². The van der Waals surface area contributed by atoms with Crippen LogP contribution in [0.25, 0.3) is 0 Å². The molecule has 0 radical (unpaired) electrons. The van der Waals surface area contributed by atoms with E-state index in [2.05, 4.69) is 34.9 Å². The summed E-state index contributed by atoms with van der Waals surface area (Å²) in [7, 11) is -4.79. The lowest BCUT2D eigenvalue weighted by Crippen LogP contribution is -2.35. The molecule has 1 unspecified atom stereocenters. The predicted octanol–water partition coefficient (Wildman–Crippen LogP) is 7.82. The van der Waals surface area contributed by atoms with Crippen LogP contribution in [0, 0.1) is 5.95 Å². The molecule has 252 valence electrons. The predicted molar refractivity (Wildman–Crippen MR) is 178 cm³/mol. The molecule has 1 aromatic heterocycles. The number of rotatable bonds is 13. The summed E-state index contributed by atoms with van der Waals surface area (Å²) in [6.45, 7) is 13.2. The minimum atomic E-state index is -4.50. The Hall–Kier alpha value is -3.17. The van der Waals surface area contributed by atoms with Gasteiger partial charge in [0.2, 0.25) is 5.82 Å². The zero-order valence-corrected chi connectivity index (χ0v) is 30.3. The number of hydrogen-bond donors (Lipinski definition) is 1. The highest BCUT2D eigenvalue weighted by Gasteiger charge is 2.34. The maximum absolute atomic E-state index is 15.5. The van der Waals surface area contributed by atoms with Crippen molar-refractivity contribution >= 4 is 53.2 Å². The van der Waals surface area contributed by atoms with Crippen molar-refractivity contribution in [1.82, 2.24) is 15.3 Å². The van der Waals surface area contributed by atoms with Gasteiger partial charge in [-0.2, -0.15) is 14.4 Å². The van der Waals surface area contributed by atoms with Gasteiger partial charge in [-0.3, -0.25) is 0 Å². The number of halogens is 3. The Balaban J connectivity index is 1.91. The normalized spacial score (nSPS) is 12.8. The molecule has 2 aromatic carbocycles. The van der Waals surface area contributed by atoms with Crippen LogP contribution in [0.5, 0.6) is 17.5 Å². The van der Waals surface area contributed by atoms with E-state index in [1.165, 1.54) is 25.3 Å². The quantitative estimate of drug-likeness (QED) is 0.107. The third-order valence-corrected chi connectivity index (χ3v) is 10.6. The van der Waals surface area contributed by atoms with Crippen molar-refractivity contribution in [3.63, 3.8) is 0 Å². The fraction of sp³-hybridized carbons (Fsp3) is 0.433. The van der Waals surface area contributed by atoms with Gasteiger partial charge < -0.3 is 24.3 Å². The summed E-state index contributed by atoms with van der Waals surface area (Å²) in [5.41, 5.74) is 0.0836. The van der Waals surface area contributed by atoms with Crippen LogP contribution in [0.4, 0.5) is 15.0 Å². The zero-order chi connectivity index (χ0) is 34.4. The van der Waals surface area contributed by atoms with E-state index in [0.717, 1.165) is 15.9 Å². The number of sulfonamides is 1. The van der Waals surface area contributed by atoms with E-state index in [0.29, 0.717) is 0 Å². The molecule has 3 aromatic rings. The van der Waals surface area contributed by atoms with Gasteiger partial charge in [0.05, 0.1) is 23.2 Å². The van der Waals surface area contributed by atoms with Crippen molar-refractivity contribution in [3.05, 3.63) is 64.0 Å². The summed E-state index contributed by atoms with van der Waals surface area (Å²) < 4.78 is 65.9. The van der Waals surface area contributed by atoms with Crippen LogP contribution in [0.2, 0.25) is 35.7 Å². The Kier molecular flexibility index (Phi) is 12.3. The lowest BCUT2D eigenvalue weighted by Gasteiger charge is -2.25. The fourth-order valence-corrected chi connectivity index (χ4v) is 6.61. The van der Waals surface area contributed by atoms with E-state index in [-0.39, 0.29) is 33.2 Å². The zero-order valence-electron chi connectivity index (χ0n) is 27.0. The molecule has 1 heterocycles. The monoisotopic (exact) mass is 716 g/mol. The average molecular weight is 718 g/mol. The molecule has 0 aliphatic rings. The number of methoxy groups -OCH3 is 1. The van der Waals surface area contributed by atoms with Crippen LogP contribution in [0.3, 0.4) is 0 Å². The number of hydrogen-bond acceptors (Lipinski definition) is 9. The second kappa shape index (κ2) is 15.2. The SMILES string of the molecule is COc1nc(Oc2ccc(C(C)NC(=O)OC(C)(C)C)cc2)c(F)nc1N(COCC[Si](C)(C)C)S(=O)(=O)c1cccc(Cl)c1Cl. The van der Waals surface area contributed by atoms with E-state index in [4.69, 9.17) is 42.1 Å². The first kappa shape index (κ1) is 37.3. The standard InChI is InChI=1S/C30H39Cl2FN4O7SSi/c1-19(34-29(38)44-30(2,3)4)20-12-14-21(15-13-20)43-27-25(33)35-26(28(36-27)41-5)37(18-42-16-17-46(6,7)8)45(39,40)23-11-9-10-22(31)24(23)32/h9-15,19H,16-18H2,1-8H3,(H,34,38). The number of alkyl carbamates (subject to hydrolysis) is 1. The summed E-state index contributed by atoms with van der Waals surface area (Å²) in [5.74, 6) is -2.40. The summed E-state index contributed by atoms with van der Waals surface area (Å²) >= 11 is 12.4. The van der Waals surface area contributed by atoms with Crippen LogP contribution >= 0.6 is 23.2 Å². The second-order valence-corrected chi connectivity index (χ2v) is 20.7. The van der Waals surface area contributed by atoms with Gasteiger partial charge >= 0.3 is 6.09 Å². The van der Waals surface area contributed by atoms with Crippen LogP contribution in [0.15, 0.2) is 47.4 Å². The van der Waals surface area contributed by atoms with Gasteiger partial charge in [0.25, 0.3) is 27.7 Å². The van der Waals surface area contributed by atoms with Crippen molar-refractivity contribution in [1.29, 1.82) is 0 Å². The third-order valence-electron chi connectivity index (χ3n) is 6.22. The van der Waals surface area contributed by atoms with Crippen molar-refractivity contribution in [2.75, 3.05) is 24.8 Å². The van der Waals surface area contributed by atoms with Gasteiger partial charge in [-0.1, -0.05) is 61.0 Å². The molecule has 0 aliphatic heterocycles. The Labute approximate surface area is 280 Å². The van der Waals surface area contributed by atoms with E-state index in [1.54, 1.807) is 52.0 Å². The first-order valence-electron chi connectivity index (χ1n) is 14.3. The topological polar surface area (TPSA) is 129 Å². The number of aromatic nitrogens is 2. The number of carbonyl (C=O) groups is 1. The number of nitrogens with zero attached hydrogens (tertiary/aromatic N) is 3. The summed E-state index contributed by atoms with van der Waals surface area (Å²) in [4.78, 5) is 19.7. The number of ether oxygens (including phenoxy) is 4. The van der Waals surface area contributed by atoms with Crippen LogP contribution in [-0.4, -0.2) is 58.6 Å². The van der Waals surface area contributed by atoms with Crippen LogP contribution in [0.1, 0.15) is 39.3 Å². The Morgan fingerprint density at radius 1 is 1.07 bits per heavy atom. The van der Waals surface area contributed by atoms with Crippen molar-refractivity contribution in [2.45, 2.75) is 69.9 Å². The first-order valence-corrected chi connectivity index (χ1v) is 20.2. The molecule has 1 N–H and O–H groups in total. The molecule has 1 atom stereocenters. The molecule has 46 heavy (non-hydrogen) atoms. The smallest absolute Gasteiger partial charge is 0.408 e. The maximum Gasteiger partial charge on any atom is 0.408 e. The highest BCUT2D eigenvalue weighted by molar-refractivity contribution is 7.93. The number of benzene rings is 2. The molecule has 11 nitrogen and oxygen atoms in total. The third kappa shape index (κ3) is 10.2. The van der Waals surface area contributed by atoms with E-state index in [1.807, 2.05) is 0 Å². The van der Waals surface area contributed by atoms with Crippen LogP contribution in [-0.2, 0) is 19.5 Å². The number of anilines is 1. The van der Waals surface area contributed by atoms with Crippen LogP contribution < -0.4 is 19.1 Å². The number of nitrogens with one attached hydrogen (secondary N) is 1. The molecule has 0 spiro atoms. The fourth-order valence-electron chi connectivity index (χ4n) is 3.82. The molecule has 16 heteroatoms. The minimum absolute atomic E-state index is 0.0105. The highest BCUT2D eigenvalue weighted by atomic mass is 35.5. The molecular weight excluding hydrogens is 678 g/mol. The molecule has 0 saturated heterocycles. The molecule has 0 bridgehead atoms. The number of carbonyl (C=O) groups excluding carboxylic acids is 1. The first-order chi connectivity index (χ1) is 21.3. The van der Waals surface area contributed by atoms with Gasteiger partial charge in [0.15, 0.2) is 0 Å². The van der Waals surface area contributed by atoms with E-state index >= 15 is 4.39 Å². The lowest BCUT2D eigenvalue weighted by molar-refractivity contribution is 0.0508. The van der Waals surface area contributed by atoms with Gasteiger partial charge in [0.1, 0.15) is 23.0 Å². The van der Waals surface area contributed by atoms with Gasteiger partial charge in [-0.25, -0.2) is 17.5 Å². The molecule has 0 fully saturated rings. The minimum Gasteiger partial charge on any atom is -0.478 e. The van der Waals surface area contributed by atoms with Gasteiger partial charge in [-0.05, 0) is 63.6 Å². The van der Waals surface area contributed by atoms with Crippen molar-refractivity contribution in [3.8, 4) is 17.5 Å². The largest absolute Gasteiger partial charge is 0.478 e. The van der Waals surface area contributed by atoms with Gasteiger partial charge in [0, 0.05) is 14.7 Å². The summed E-state index contributed by atoms with van der Waals surface area (Å²) in [6.07, 6.45) is -0.569. The van der Waals surface area contributed by atoms with E-state index < -0.39 is 60.2 Å². The molecule has 3 rings (SSSR count). The lowest BCUT2D eigenvalue weighted by atomic mass is 10.1. The summed E-state index contributed by atoms with van der Waals surface area (Å²) in [6, 6.07) is 10.9. The number of amides is 1. The molecule has 0 saturated carbocycles. The molecular formula is C30H39Cl2FN4O7SSi. The Bertz CT molecular complexity index is 1640. The highest BCUT2D eigenvalue weighted by Crippen LogP contribution is 2.37. The molecule has 0 aliphatic carbocycles. The molecule has 1 amide bonds. The summed E-state index contributed by atoms with van der Waals surface area (Å²) in [5, 5.41) is 2.53. The van der Waals surface area contributed by atoms with Gasteiger partial charge in [-0.15, -0.1) is 0 Å². The van der Waals surface area contributed by atoms with Crippen molar-refractivity contribution < 1.29 is 36.6 Å². The maximum atomic E-state index is 15.5. The Morgan fingerprint density at radius 3 is 2.30 bits per heavy atom.